The summed E-state index contributed by atoms with van der Waals surface area (Å²) in [5, 5.41) is 3.17. The Bertz CT molecular complexity index is 959. The Morgan fingerprint density at radius 2 is 1.93 bits per heavy atom. The van der Waals surface area contributed by atoms with Crippen molar-refractivity contribution in [2.45, 2.75) is 24.8 Å². The first-order valence-electron chi connectivity index (χ1n) is 9.49. The number of para-hydroxylation sites is 1. The number of benzene rings is 1. The van der Waals surface area contributed by atoms with Gasteiger partial charge in [-0.05, 0) is 49.7 Å². The SMILES string of the molecule is CCN(c1ccccc1)S(=O)(=O)c1ccc(NCCCOCc2ccco2)nc1. The second-order valence-corrected chi connectivity index (χ2v) is 8.16. The maximum atomic E-state index is 12.9. The third-order valence-corrected chi connectivity index (χ3v) is 6.14. The van der Waals surface area contributed by atoms with Crippen molar-refractivity contribution in [3.8, 4) is 0 Å². The first-order valence-corrected chi connectivity index (χ1v) is 10.9. The lowest BCUT2D eigenvalue weighted by Crippen LogP contribution is -2.30. The first kappa shape index (κ1) is 20.9. The minimum atomic E-state index is -3.66. The molecule has 0 radical (unpaired) electrons. The summed E-state index contributed by atoms with van der Waals surface area (Å²) in [6, 6.07) is 16.0. The minimum absolute atomic E-state index is 0.163. The standard InChI is InChI=1S/C21H25N3O4S/c1-2-24(18-8-4-3-5-9-18)29(25,26)20-11-12-21(23-16-20)22-13-7-14-27-17-19-10-6-15-28-19/h3-6,8-12,15-16H,2,7,13-14,17H2,1H3,(H,22,23). The molecule has 0 bridgehead atoms. The molecule has 0 fully saturated rings. The summed E-state index contributed by atoms with van der Waals surface area (Å²) in [4.78, 5) is 4.40. The van der Waals surface area contributed by atoms with Crippen LogP contribution in [0, 0.1) is 0 Å². The van der Waals surface area contributed by atoms with E-state index in [-0.39, 0.29) is 4.90 Å². The van der Waals surface area contributed by atoms with E-state index in [2.05, 4.69) is 10.3 Å². The lowest BCUT2D eigenvalue weighted by atomic mass is 10.3. The largest absolute Gasteiger partial charge is 0.467 e. The number of aromatic nitrogens is 1. The highest BCUT2D eigenvalue weighted by Crippen LogP contribution is 2.23. The van der Waals surface area contributed by atoms with Gasteiger partial charge in [-0.3, -0.25) is 4.31 Å². The van der Waals surface area contributed by atoms with Crippen LogP contribution in [0.4, 0.5) is 11.5 Å². The van der Waals surface area contributed by atoms with Crippen molar-refractivity contribution in [3.63, 3.8) is 0 Å². The van der Waals surface area contributed by atoms with E-state index < -0.39 is 10.0 Å². The summed E-state index contributed by atoms with van der Waals surface area (Å²) in [6.45, 7) is 3.85. The van der Waals surface area contributed by atoms with Gasteiger partial charge in [0, 0.05) is 25.9 Å². The molecule has 0 saturated carbocycles. The van der Waals surface area contributed by atoms with Crippen molar-refractivity contribution in [2.24, 2.45) is 0 Å². The topological polar surface area (TPSA) is 84.7 Å². The van der Waals surface area contributed by atoms with Crippen LogP contribution in [-0.4, -0.2) is 33.1 Å². The Hall–Kier alpha value is -2.84. The van der Waals surface area contributed by atoms with Crippen LogP contribution in [0.5, 0.6) is 0 Å². The molecule has 0 unspecified atom stereocenters. The number of anilines is 2. The average molecular weight is 416 g/mol. The molecule has 0 amide bonds. The van der Waals surface area contributed by atoms with Gasteiger partial charge in [0.05, 0.1) is 12.0 Å². The van der Waals surface area contributed by atoms with Gasteiger partial charge in [0.25, 0.3) is 10.0 Å². The summed E-state index contributed by atoms with van der Waals surface area (Å²) in [6.07, 6.45) is 3.80. The third kappa shape index (κ3) is 5.58. The molecule has 2 heterocycles. The molecule has 2 aromatic heterocycles. The first-order chi connectivity index (χ1) is 14.1. The fourth-order valence-corrected chi connectivity index (χ4v) is 4.23. The predicted molar refractivity (Wildman–Crippen MR) is 112 cm³/mol. The van der Waals surface area contributed by atoms with Gasteiger partial charge in [-0.15, -0.1) is 0 Å². The van der Waals surface area contributed by atoms with Crippen LogP contribution in [0.15, 0.2) is 76.4 Å². The molecular weight excluding hydrogens is 390 g/mol. The van der Waals surface area contributed by atoms with Gasteiger partial charge < -0.3 is 14.5 Å². The summed E-state index contributed by atoms with van der Waals surface area (Å²) in [7, 11) is -3.66. The number of hydrogen-bond acceptors (Lipinski definition) is 6. The fraction of sp³-hybridized carbons (Fsp3) is 0.286. The van der Waals surface area contributed by atoms with E-state index in [0.717, 1.165) is 12.2 Å². The zero-order valence-electron chi connectivity index (χ0n) is 16.3. The van der Waals surface area contributed by atoms with E-state index in [0.29, 0.717) is 37.8 Å². The molecule has 3 rings (SSSR count). The van der Waals surface area contributed by atoms with Crippen LogP contribution in [0.1, 0.15) is 19.1 Å². The maximum Gasteiger partial charge on any atom is 0.265 e. The fourth-order valence-electron chi connectivity index (χ4n) is 2.81. The number of nitrogens with one attached hydrogen (secondary N) is 1. The van der Waals surface area contributed by atoms with E-state index >= 15 is 0 Å². The highest BCUT2D eigenvalue weighted by atomic mass is 32.2. The van der Waals surface area contributed by atoms with Crippen LogP contribution >= 0.6 is 0 Å². The molecule has 0 saturated heterocycles. The van der Waals surface area contributed by atoms with Gasteiger partial charge >= 0.3 is 0 Å². The van der Waals surface area contributed by atoms with Gasteiger partial charge in [0.15, 0.2) is 0 Å². The van der Waals surface area contributed by atoms with Gasteiger partial charge in [0.2, 0.25) is 0 Å². The zero-order valence-corrected chi connectivity index (χ0v) is 17.1. The number of nitrogens with zero attached hydrogens (tertiary/aromatic N) is 2. The zero-order chi connectivity index (χ0) is 20.5. The normalized spacial score (nSPS) is 11.3. The molecule has 8 heteroatoms. The lowest BCUT2D eigenvalue weighted by molar-refractivity contribution is 0.106. The van der Waals surface area contributed by atoms with Crippen molar-refractivity contribution < 1.29 is 17.6 Å². The van der Waals surface area contributed by atoms with Gasteiger partial charge in [-0.1, -0.05) is 18.2 Å². The van der Waals surface area contributed by atoms with Crippen molar-refractivity contribution in [3.05, 3.63) is 72.8 Å². The molecule has 0 aliphatic carbocycles. The highest BCUT2D eigenvalue weighted by molar-refractivity contribution is 7.92. The van der Waals surface area contributed by atoms with E-state index in [4.69, 9.17) is 9.15 Å². The molecular formula is C21H25N3O4S. The van der Waals surface area contributed by atoms with E-state index in [9.17, 15) is 8.42 Å². The molecule has 3 aromatic rings. The number of rotatable bonds is 11. The van der Waals surface area contributed by atoms with Gasteiger partial charge in [0.1, 0.15) is 23.1 Å². The Morgan fingerprint density at radius 3 is 2.59 bits per heavy atom. The molecule has 154 valence electrons. The van der Waals surface area contributed by atoms with E-state index in [1.807, 2.05) is 37.3 Å². The smallest absolute Gasteiger partial charge is 0.265 e. The number of hydrogen-bond donors (Lipinski definition) is 1. The summed E-state index contributed by atoms with van der Waals surface area (Å²) in [5.74, 6) is 1.42. The second kappa shape index (κ2) is 10.1. The molecule has 0 spiro atoms. The van der Waals surface area contributed by atoms with Crippen LogP contribution in [0.25, 0.3) is 0 Å². The maximum absolute atomic E-state index is 12.9. The van der Waals surface area contributed by atoms with Crippen molar-refractivity contribution in [1.29, 1.82) is 0 Å². The number of furan rings is 1. The number of pyridine rings is 1. The molecule has 0 aliphatic rings. The molecule has 0 atom stereocenters. The van der Waals surface area contributed by atoms with Gasteiger partial charge in [-0.2, -0.15) is 0 Å². The van der Waals surface area contributed by atoms with E-state index in [1.54, 1.807) is 30.5 Å². The molecule has 7 nitrogen and oxygen atoms in total. The van der Waals surface area contributed by atoms with Crippen molar-refractivity contribution >= 4 is 21.5 Å². The van der Waals surface area contributed by atoms with Gasteiger partial charge in [-0.25, -0.2) is 13.4 Å². The number of sulfonamides is 1. The Morgan fingerprint density at radius 1 is 1.10 bits per heavy atom. The quantitative estimate of drug-likeness (QED) is 0.478. The molecule has 1 N–H and O–H groups in total. The Balaban J connectivity index is 1.51. The van der Waals surface area contributed by atoms with Crippen LogP contribution < -0.4 is 9.62 Å². The highest BCUT2D eigenvalue weighted by Gasteiger charge is 2.23. The number of ether oxygens (including phenoxy) is 1. The average Bonchev–Trinajstić information content (AvgIpc) is 3.26. The summed E-state index contributed by atoms with van der Waals surface area (Å²) < 4.78 is 38.0. The second-order valence-electron chi connectivity index (χ2n) is 6.30. The monoisotopic (exact) mass is 415 g/mol. The molecule has 0 aliphatic heterocycles. The van der Waals surface area contributed by atoms with Crippen molar-refractivity contribution in [2.75, 3.05) is 29.3 Å². The third-order valence-electron chi connectivity index (χ3n) is 4.25. The minimum Gasteiger partial charge on any atom is -0.467 e. The molecule has 29 heavy (non-hydrogen) atoms. The Kier molecular flexibility index (Phi) is 7.26. The van der Waals surface area contributed by atoms with E-state index in [1.165, 1.54) is 10.5 Å². The van der Waals surface area contributed by atoms with Crippen LogP contribution in [-0.2, 0) is 21.4 Å². The summed E-state index contributed by atoms with van der Waals surface area (Å²) in [5.41, 5.74) is 0.631. The Labute approximate surface area is 171 Å². The predicted octanol–water partition coefficient (Wildman–Crippen LogP) is 3.91. The summed E-state index contributed by atoms with van der Waals surface area (Å²) >= 11 is 0. The van der Waals surface area contributed by atoms with Crippen LogP contribution in [0.3, 0.4) is 0 Å². The lowest BCUT2D eigenvalue weighted by Gasteiger charge is -2.22. The van der Waals surface area contributed by atoms with Crippen LogP contribution in [0.2, 0.25) is 0 Å². The molecule has 1 aromatic carbocycles. The van der Waals surface area contributed by atoms with Crippen molar-refractivity contribution in [1.82, 2.24) is 4.98 Å².